The van der Waals surface area contributed by atoms with E-state index in [0.29, 0.717) is 19.1 Å². The maximum Gasteiger partial charge on any atom is 0.0716 e. The van der Waals surface area contributed by atoms with Crippen molar-refractivity contribution in [1.82, 2.24) is 0 Å². The van der Waals surface area contributed by atoms with Crippen LogP contribution in [0.5, 0.6) is 0 Å². The number of hydrogen-bond acceptors (Lipinski definition) is 2. The second-order valence-corrected chi connectivity index (χ2v) is 4.97. The van der Waals surface area contributed by atoms with Gasteiger partial charge in [-0.05, 0) is 19.8 Å². The zero-order chi connectivity index (χ0) is 10.3. The number of hydrogen-bond donors (Lipinski definition) is 0. The Morgan fingerprint density at radius 1 is 1.23 bits per heavy atom. The average molecular weight is 300 g/mol. The van der Waals surface area contributed by atoms with E-state index in [2.05, 4.69) is 50.3 Å². The predicted molar refractivity (Wildman–Crippen MR) is 64.6 cm³/mol. The van der Waals surface area contributed by atoms with Crippen LogP contribution in [0.2, 0.25) is 0 Å². The monoisotopic (exact) mass is 300 g/mol. The summed E-state index contributed by atoms with van der Waals surface area (Å²) in [5.41, 5.74) is -0.0122. The van der Waals surface area contributed by atoms with Crippen molar-refractivity contribution in [3.8, 4) is 0 Å². The van der Waals surface area contributed by atoms with E-state index in [-0.39, 0.29) is 5.60 Å². The summed E-state index contributed by atoms with van der Waals surface area (Å²) >= 11 is 2.34. The molecule has 0 saturated heterocycles. The molecule has 3 heteroatoms. The maximum atomic E-state index is 5.63. The van der Waals surface area contributed by atoms with Crippen LogP contribution in [0.1, 0.15) is 27.7 Å². The molecule has 0 aromatic carbocycles. The normalized spacial score (nSPS) is 12.5. The Morgan fingerprint density at radius 2 is 1.85 bits per heavy atom. The first-order valence-corrected chi connectivity index (χ1v) is 6.28. The summed E-state index contributed by atoms with van der Waals surface area (Å²) in [6.07, 6.45) is 0. The molecule has 2 nitrogen and oxygen atoms in total. The summed E-state index contributed by atoms with van der Waals surface area (Å²) in [5, 5.41) is 0. The fourth-order valence-corrected chi connectivity index (χ4v) is 0.955. The van der Waals surface area contributed by atoms with E-state index in [4.69, 9.17) is 9.47 Å². The van der Waals surface area contributed by atoms with E-state index in [1.54, 1.807) is 0 Å². The Balaban J connectivity index is 3.26. The third kappa shape index (κ3) is 8.97. The molecule has 0 atom stereocenters. The highest BCUT2D eigenvalue weighted by Crippen LogP contribution is 2.12. The minimum absolute atomic E-state index is 0.0122. The molecule has 0 heterocycles. The van der Waals surface area contributed by atoms with E-state index < -0.39 is 0 Å². The van der Waals surface area contributed by atoms with Gasteiger partial charge in [0.1, 0.15) is 0 Å². The Kier molecular flexibility index (Phi) is 7.36. The van der Waals surface area contributed by atoms with Crippen LogP contribution in [-0.2, 0) is 9.47 Å². The molecule has 0 fully saturated rings. The Labute approximate surface area is 95.5 Å². The van der Waals surface area contributed by atoms with E-state index in [1.165, 1.54) is 0 Å². The lowest BCUT2D eigenvalue weighted by atomic mass is 10.2. The van der Waals surface area contributed by atoms with Gasteiger partial charge in [0.15, 0.2) is 0 Å². The predicted octanol–water partition coefficient (Wildman–Crippen LogP) is 2.89. The van der Waals surface area contributed by atoms with Gasteiger partial charge in [0.25, 0.3) is 0 Å². The first-order chi connectivity index (χ1) is 5.98. The molecule has 0 amide bonds. The first kappa shape index (κ1) is 13.7. The van der Waals surface area contributed by atoms with E-state index in [0.717, 1.165) is 11.0 Å². The van der Waals surface area contributed by atoms with E-state index in [9.17, 15) is 0 Å². The highest BCUT2D eigenvalue weighted by molar-refractivity contribution is 14.1. The fraction of sp³-hybridized carbons (Fsp3) is 1.00. The number of rotatable bonds is 7. The topological polar surface area (TPSA) is 18.5 Å². The largest absolute Gasteiger partial charge is 0.379 e. The standard InChI is InChI=1S/C10H21IO2/c1-9(2)7-12-5-6-13-10(3,4)8-11/h9H,5-8H2,1-4H3. The van der Waals surface area contributed by atoms with Crippen LogP contribution in [0.25, 0.3) is 0 Å². The van der Waals surface area contributed by atoms with Crippen LogP contribution >= 0.6 is 22.6 Å². The molecule has 0 saturated carbocycles. The quantitative estimate of drug-likeness (QED) is 0.409. The third-order valence-corrected chi connectivity index (χ3v) is 3.33. The molecule has 0 rings (SSSR count). The van der Waals surface area contributed by atoms with Gasteiger partial charge in [-0.3, -0.25) is 0 Å². The van der Waals surface area contributed by atoms with Gasteiger partial charge in [-0.25, -0.2) is 0 Å². The van der Waals surface area contributed by atoms with Gasteiger partial charge in [-0.15, -0.1) is 0 Å². The van der Waals surface area contributed by atoms with Gasteiger partial charge in [0.05, 0.1) is 18.8 Å². The minimum Gasteiger partial charge on any atom is -0.379 e. The average Bonchev–Trinajstić information content (AvgIpc) is 2.03. The Morgan fingerprint density at radius 3 is 2.31 bits per heavy atom. The molecule has 80 valence electrons. The molecular weight excluding hydrogens is 279 g/mol. The van der Waals surface area contributed by atoms with Crippen molar-refractivity contribution in [1.29, 1.82) is 0 Å². The minimum atomic E-state index is -0.0122. The molecule has 0 aromatic rings. The number of alkyl halides is 1. The molecule has 0 unspecified atom stereocenters. The molecule has 13 heavy (non-hydrogen) atoms. The van der Waals surface area contributed by atoms with Crippen LogP contribution < -0.4 is 0 Å². The lowest BCUT2D eigenvalue weighted by Gasteiger charge is -2.22. The Hall–Kier alpha value is 0.650. The molecule has 0 aromatic heterocycles. The third-order valence-electron chi connectivity index (χ3n) is 1.49. The van der Waals surface area contributed by atoms with Crippen molar-refractivity contribution < 1.29 is 9.47 Å². The summed E-state index contributed by atoms with van der Waals surface area (Å²) in [4.78, 5) is 0. The van der Waals surface area contributed by atoms with Gasteiger partial charge >= 0.3 is 0 Å². The lowest BCUT2D eigenvalue weighted by molar-refractivity contribution is -0.0337. The molecule has 0 aliphatic rings. The van der Waals surface area contributed by atoms with E-state index >= 15 is 0 Å². The smallest absolute Gasteiger partial charge is 0.0716 e. The summed E-state index contributed by atoms with van der Waals surface area (Å²) in [6, 6.07) is 0. The number of ether oxygens (including phenoxy) is 2. The number of halogens is 1. The highest BCUT2D eigenvalue weighted by Gasteiger charge is 2.15. The van der Waals surface area contributed by atoms with Crippen LogP contribution in [-0.4, -0.2) is 29.8 Å². The van der Waals surface area contributed by atoms with Crippen molar-refractivity contribution in [2.45, 2.75) is 33.3 Å². The zero-order valence-corrected chi connectivity index (χ0v) is 11.3. The molecule has 0 aliphatic carbocycles. The summed E-state index contributed by atoms with van der Waals surface area (Å²) in [5.74, 6) is 0.609. The lowest BCUT2D eigenvalue weighted by Crippen LogP contribution is -2.28. The highest BCUT2D eigenvalue weighted by atomic mass is 127. The second-order valence-electron chi connectivity index (χ2n) is 4.21. The first-order valence-electron chi connectivity index (χ1n) is 4.75. The summed E-state index contributed by atoms with van der Waals surface area (Å²) in [7, 11) is 0. The van der Waals surface area contributed by atoms with Crippen LogP contribution in [0.3, 0.4) is 0 Å². The van der Waals surface area contributed by atoms with Crippen molar-refractivity contribution in [2.75, 3.05) is 24.2 Å². The Bertz CT molecular complexity index is 124. The molecule has 0 N–H and O–H groups in total. The van der Waals surface area contributed by atoms with Gasteiger partial charge in [-0.1, -0.05) is 36.4 Å². The van der Waals surface area contributed by atoms with Crippen molar-refractivity contribution in [3.05, 3.63) is 0 Å². The van der Waals surface area contributed by atoms with Gasteiger partial charge in [-0.2, -0.15) is 0 Å². The van der Waals surface area contributed by atoms with E-state index in [1.807, 2.05) is 0 Å². The molecule has 0 spiro atoms. The fourth-order valence-electron chi connectivity index (χ4n) is 0.734. The second kappa shape index (κ2) is 7.01. The van der Waals surface area contributed by atoms with Crippen molar-refractivity contribution >= 4 is 22.6 Å². The van der Waals surface area contributed by atoms with Crippen LogP contribution in [0.15, 0.2) is 0 Å². The van der Waals surface area contributed by atoms with Gasteiger partial charge in [0.2, 0.25) is 0 Å². The van der Waals surface area contributed by atoms with Crippen LogP contribution in [0, 0.1) is 5.92 Å². The summed E-state index contributed by atoms with van der Waals surface area (Å²) < 4.78 is 12.0. The van der Waals surface area contributed by atoms with Crippen molar-refractivity contribution in [3.63, 3.8) is 0 Å². The summed E-state index contributed by atoms with van der Waals surface area (Å²) in [6.45, 7) is 10.7. The molecule has 0 aliphatic heterocycles. The SMILES string of the molecule is CC(C)COCCOC(C)(C)CI. The van der Waals surface area contributed by atoms with Gasteiger partial charge < -0.3 is 9.47 Å². The van der Waals surface area contributed by atoms with Gasteiger partial charge in [0, 0.05) is 11.0 Å². The van der Waals surface area contributed by atoms with Crippen molar-refractivity contribution in [2.24, 2.45) is 5.92 Å². The molecule has 0 radical (unpaired) electrons. The maximum absolute atomic E-state index is 5.63. The molecule has 0 bridgehead atoms. The molecular formula is C10H21IO2. The van der Waals surface area contributed by atoms with Crippen LogP contribution in [0.4, 0.5) is 0 Å². The zero-order valence-electron chi connectivity index (χ0n) is 9.10.